The van der Waals surface area contributed by atoms with Crippen LogP contribution in [0, 0.1) is 11.6 Å². The lowest BCUT2D eigenvalue weighted by Crippen LogP contribution is -2.16. The van der Waals surface area contributed by atoms with E-state index in [0.29, 0.717) is 17.9 Å². The van der Waals surface area contributed by atoms with Crippen molar-refractivity contribution in [3.8, 4) is 5.75 Å². The van der Waals surface area contributed by atoms with Crippen LogP contribution in [0.15, 0.2) is 41.3 Å². The Hall–Kier alpha value is -2.19. The number of hydrogen-bond donors (Lipinski definition) is 2. The molecule has 2 aromatic carbocycles. The van der Waals surface area contributed by atoms with Crippen LogP contribution in [0.4, 0.5) is 14.5 Å². The van der Waals surface area contributed by atoms with E-state index >= 15 is 0 Å². The van der Waals surface area contributed by atoms with Crippen LogP contribution < -0.4 is 9.46 Å². The van der Waals surface area contributed by atoms with E-state index in [-0.39, 0.29) is 12.3 Å². The van der Waals surface area contributed by atoms with Crippen LogP contribution in [-0.2, 0) is 16.6 Å². The first kappa shape index (κ1) is 17.2. The van der Waals surface area contributed by atoms with Crippen LogP contribution >= 0.6 is 0 Å². The van der Waals surface area contributed by atoms with Crippen molar-refractivity contribution < 1.29 is 27.0 Å². The number of nitrogens with one attached hydrogen (secondary N) is 1. The predicted molar refractivity (Wildman–Crippen MR) is 80.7 cm³/mol. The van der Waals surface area contributed by atoms with E-state index in [4.69, 9.17) is 4.74 Å². The van der Waals surface area contributed by atoms with Gasteiger partial charge in [0.2, 0.25) is 0 Å². The van der Waals surface area contributed by atoms with Gasteiger partial charge in [-0.15, -0.1) is 0 Å². The summed E-state index contributed by atoms with van der Waals surface area (Å²) in [6.45, 7) is 1.76. The van der Waals surface area contributed by atoms with E-state index < -0.39 is 26.6 Å². The highest BCUT2D eigenvalue weighted by Crippen LogP contribution is 2.26. The molecule has 0 bridgehead atoms. The molecule has 5 nitrogen and oxygen atoms in total. The fourth-order valence-electron chi connectivity index (χ4n) is 2.01. The van der Waals surface area contributed by atoms with Crippen LogP contribution in [0.1, 0.15) is 12.5 Å². The average molecular weight is 343 g/mol. The van der Waals surface area contributed by atoms with Crippen molar-refractivity contribution in [1.82, 2.24) is 0 Å². The van der Waals surface area contributed by atoms with Crippen LogP contribution in [0.2, 0.25) is 0 Å². The Morgan fingerprint density at radius 2 is 1.83 bits per heavy atom. The SMILES string of the molecule is CCOc1ccc(NS(=O)(=O)c2c(F)cccc2F)cc1CO. The first-order valence-corrected chi connectivity index (χ1v) is 8.20. The zero-order valence-electron chi connectivity index (χ0n) is 12.2. The topological polar surface area (TPSA) is 75.6 Å². The maximum atomic E-state index is 13.6. The Kier molecular flexibility index (Phi) is 5.17. The van der Waals surface area contributed by atoms with Crippen LogP contribution in [0.5, 0.6) is 5.75 Å². The van der Waals surface area contributed by atoms with Gasteiger partial charge in [0.25, 0.3) is 10.0 Å². The maximum absolute atomic E-state index is 13.6. The molecule has 0 aliphatic heterocycles. The molecule has 0 amide bonds. The normalized spacial score (nSPS) is 11.3. The van der Waals surface area contributed by atoms with Gasteiger partial charge in [-0.3, -0.25) is 4.72 Å². The Labute approximate surface area is 132 Å². The van der Waals surface area contributed by atoms with E-state index in [1.165, 1.54) is 18.2 Å². The fraction of sp³-hybridized carbons (Fsp3) is 0.200. The van der Waals surface area contributed by atoms with Gasteiger partial charge in [0.15, 0.2) is 4.90 Å². The summed E-state index contributed by atoms with van der Waals surface area (Å²) in [5.74, 6) is -1.98. The van der Waals surface area contributed by atoms with E-state index in [1.807, 2.05) is 0 Å². The molecule has 0 saturated carbocycles. The number of ether oxygens (including phenoxy) is 1. The Balaban J connectivity index is 2.38. The number of hydrogen-bond acceptors (Lipinski definition) is 4. The molecular weight excluding hydrogens is 328 g/mol. The lowest BCUT2D eigenvalue weighted by molar-refractivity contribution is 0.267. The highest BCUT2D eigenvalue weighted by molar-refractivity contribution is 7.92. The minimum Gasteiger partial charge on any atom is -0.494 e. The third-order valence-electron chi connectivity index (χ3n) is 2.97. The molecule has 0 radical (unpaired) electrons. The van der Waals surface area contributed by atoms with E-state index in [1.54, 1.807) is 6.92 Å². The standard InChI is InChI=1S/C15H15F2NO4S/c1-2-22-14-7-6-11(8-10(14)9-19)18-23(20,21)15-12(16)4-3-5-13(15)17/h3-8,18-19H,2,9H2,1H3. The van der Waals surface area contributed by atoms with Crippen molar-refractivity contribution in [3.63, 3.8) is 0 Å². The zero-order chi connectivity index (χ0) is 17.0. The lowest BCUT2D eigenvalue weighted by atomic mass is 10.2. The van der Waals surface area contributed by atoms with Gasteiger partial charge in [-0.05, 0) is 37.3 Å². The number of aliphatic hydroxyl groups is 1. The number of anilines is 1. The molecule has 0 aromatic heterocycles. The summed E-state index contributed by atoms with van der Waals surface area (Å²) in [4.78, 5) is -1.06. The smallest absolute Gasteiger partial charge is 0.267 e. The van der Waals surface area contributed by atoms with Gasteiger partial charge in [0.1, 0.15) is 17.4 Å². The van der Waals surface area contributed by atoms with E-state index in [0.717, 1.165) is 18.2 Å². The first-order chi connectivity index (χ1) is 10.9. The molecule has 2 N–H and O–H groups in total. The molecule has 8 heteroatoms. The Morgan fingerprint density at radius 3 is 2.39 bits per heavy atom. The molecule has 0 heterocycles. The predicted octanol–water partition coefficient (Wildman–Crippen LogP) is 2.66. The molecule has 0 fully saturated rings. The molecule has 0 aliphatic rings. The van der Waals surface area contributed by atoms with E-state index in [2.05, 4.69) is 4.72 Å². The molecule has 0 unspecified atom stereocenters. The van der Waals surface area contributed by atoms with Crippen LogP contribution in [0.25, 0.3) is 0 Å². The molecule has 2 rings (SSSR count). The maximum Gasteiger partial charge on any atom is 0.267 e. The molecular formula is C15H15F2NO4S. The second kappa shape index (κ2) is 6.93. The molecule has 0 saturated heterocycles. The average Bonchev–Trinajstić information content (AvgIpc) is 2.48. The van der Waals surface area contributed by atoms with Crippen molar-refractivity contribution in [2.75, 3.05) is 11.3 Å². The van der Waals surface area contributed by atoms with Crippen molar-refractivity contribution in [1.29, 1.82) is 0 Å². The molecule has 124 valence electrons. The number of sulfonamides is 1. The second-order valence-electron chi connectivity index (χ2n) is 4.57. The summed E-state index contributed by atoms with van der Waals surface area (Å²) in [7, 11) is -4.45. The van der Waals surface area contributed by atoms with Crippen molar-refractivity contribution in [3.05, 3.63) is 53.6 Å². The number of halogens is 2. The summed E-state index contributed by atoms with van der Waals surface area (Å²) >= 11 is 0. The summed E-state index contributed by atoms with van der Waals surface area (Å²) in [6.07, 6.45) is 0. The summed E-state index contributed by atoms with van der Waals surface area (Å²) in [5, 5.41) is 9.30. The molecule has 0 atom stereocenters. The van der Waals surface area contributed by atoms with Gasteiger partial charge in [-0.2, -0.15) is 0 Å². The molecule has 23 heavy (non-hydrogen) atoms. The van der Waals surface area contributed by atoms with E-state index in [9.17, 15) is 22.3 Å². The molecule has 0 aliphatic carbocycles. The number of rotatable bonds is 6. The van der Waals surface area contributed by atoms with Crippen molar-refractivity contribution in [2.24, 2.45) is 0 Å². The van der Waals surface area contributed by atoms with Gasteiger partial charge in [0, 0.05) is 11.3 Å². The van der Waals surface area contributed by atoms with Crippen LogP contribution in [-0.4, -0.2) is 20.1 Å². The first-order valence-electron chi connectivity index (χ1n) is 6.72. The van der Waals surface area contributed by atoms with Gasteiger partial charge in [0.05, 0.1) is 13.2 Å². The van der Waals surface area contributed by atoms with Gasteiger partial charge in [-0.1, -0.05) is 6.07 Å². The number of aliphatic hydroxyl groups excluding tert-OH is 1. The molecule has 2 aromatic rings. The van der Waals surface area contributed by atoms with Gasteiger partial charge >= 0.3 is 0 Å². The van der Waals surface area contributed by atoms with Gasteiger partial charge < -0.3 is 9.84 Å². The minimum absolute atomic E-state index is 0.0557. The lowest BCUT2D eigenvalue weighted by Gasteiger charge is -2.13. The number of benzene rings is 2. The van der Waals surface area contributed by atoms with Gasteiger partial charge in [-0.25, -0.2) is 17.2 Å². The van der Waals surface area contributed by atoms with Crippen LogP contribution in [0.3, 0.4) is 0 Å². The summed E-state index contributed by atoms with van der Waals surface area (Å²) < 4.78 is 59.0. The highest BCUT2D eigenvalue weighted by atomic mass is 32.2. The zero-order valence-corrected chi connectivity index (χ0v) is 13.0. The Bertz CT molecular complexity index is 789. The minimum atomic E-state index is -4.45. The third-order valence-corrected chi connectivity index (χ3v) is 4.40. The largest absolute Gasteiger partial charge is 0.494 e. The summed E-state index contributed by atoms with van der Waals surface area (Å²) in [5.41, 5.74) is 0.404. The third kappa shape index (κ3) is 3.77. The quantitative estimate of drug-likeness (QED) is 0.845. The van der Waals surface area contributed by atoms with Crippen molar-refractivity contribution >= 4 is 15.7 Å². The monoisotopic (exact) mass is 343 g/mol. The molecule has 0 spiro atoms. The Morgan fingerprint density at radius 1 is 1.17 bits per heavy atom. The highest BCUT2D eigenvalue weighted by Gasteiger charge is 2.24. The fourth-order valence-corrected chi connectivity index (χ4v) is 3.20. The van der Waals surface area contributed by atoms with Crippen molar-refractivity contribution in [2.45, 2.75) is 18.4 Å². The second-order valence-corrected chi connectivity index (χ2v) is 6.19. The summed E-state index contributed by atoms with van der Waals surface area (Å²) in [6, 6.07) is 6.96.